The van der Waals surface area contributed by atoms with E-state index in [0.717, 1.165) is 32.2 Å². The van der Waals surface area contributed by atoms with Crippen LogP contribution in [0.25, 0.3) is 0 Å². The summed E-state index contributed by atoms with van der Waals surface area (Å²) in [7, 11) is 3.60. The van der Waals surface area contributed by atoms with Gasteiger partial charge in [0.05, 0.1) is 12.7 Å². The highest BCUT2D eigenvalue weighted by Crippen LogP contribution is 2.40. The lowest BCUT2D eigenvalue weighted by Gasteiger charge is -2.48. The maximum Gasteiger partial charge on any atom is 0.0590 e. The van der Waals surface area contributed by atoms with Crippen molar-refractivity contribution in [1.29, 1.82) is 0 Å². The molecule has 0 bridgehead atoms. The van der Waals surface area contributed by atoms with E-state index in [1.54, 1.807) is 7.11 Å². The molecule has 0 aromatic carbocycles. The van der Waals surface area contributed by atoms with Crippen molar-refractivity contribution in [3.63, 3.8) is 0 Å². The number of hydrogen-bond donors (Lipinski definition) is 1. The third-order valence-electron chi connectivity index (χ3n) is 4.62. The molecule has 2 aliphatic rings. The molecule has 2 atom stereocenters. The molecule has 18 heavy (non-hydrogen) atoms. The molecule has 2 rings (SSSR count). The van der Waals surface area contributed by atoms with E-state index in [9.17, 15) is 0 Å². The lowest BCUT2D eigenvalue weighted by atomic mass is 9.78. The lowest BCUT2D eigenvalue weighted by molar-refractivity contribution is -0.0334. The van der Waals surface area contributed by atoms with Gasteiger partial charge in [0.15, 0.2) is 0 Å². The summed E-state index contributed by atoms with van der Waals surface area (Å²) in [5.41, 5.74) is 6.31. The summed E-state index contributed by atoms with van der Waals surface area (Å²) >= 11 is 0. The van der Waals surface area contributed by atoms with Crippen molar-refractivity contribution < 1.29 is 9.47 Å². The average Bonchev–Trinajstić information content (AvgIpc) is 3.24. The Labute approximate surface area is 111 Å². The summed E-state index contributed by atoms with van der Waals surface area (Å²) in [6.45, 7) is 2.55. The van der Waals surface area contributed by atoms with Gasteiger partial charge in [-0.05, 0) is 38.5 Å². The number of ether oxygens (including phenoxy) is 2. The molecular weight excluding hydrogens is 228 g/mol. The van der Waals surface area contributed by atoms with E-state index in [1.807, 2.05) is 7.11 Å². The second kappa shape index (κ2) is 6.33. The molecule has 0 heterocycles. The van der Waals surface area contributed by atoms with Crippen LogP contribution in [-0.2, 0) is 9.47 Å². The van der Waals surface area contributed by atoms with Gasteiger partial charge in [0, 0.05) is 38.9 Å². The van der Waals surface area contributed by atoms with Crippen molar-refractivity contribution in [2.75, 3.05) is 33.9 Å². The third-order valence-corrected chi connectivity index (χ3v) is 4.62. The highest BCUT2D eigenvalue weighted by atomic mass is 16.5. The molecule has 0 aromatic heterocycles. The van der Waals surface area contributed by atoms with Gasteiger partial charge in [-0.2, -0.15) is 0 Å². The Bertz CT molecular complexity index is 258. The molecule has 2 N–H and O–H groups in total. The van der Waals surface area contributed by atoms with Crippen LogP contribution in [0.4, 0.5) is 0 Å². The highest BCUT2D eigenvalue weighted by molar-refractivity contribution is 5.02. The molecule has 0 radical (unpaired) electrons. The normalized spacial score (nSPS) is 33.0. The van der Waals surface area contributed by atoms with E-state index >= 15 is 0 Å². The molecule has 0 saturated heterocycles. The minimum Gasteiger partial charge on any atom is -0.383 e. The van der Waals surface area contributed by atoms with Gasteiger partial charge >= 0.3 is 0 Å². The highest BCUT2D eigenvalue weighted by Gasteiger charge is 2.45. The zero-order valence-corrected chi connectivity index (χ0v) is 11.9. The minimum atomic E-state index is 0.151. The van der Waals surface area contributed by atoms with Crippen molar-refractivity contribution in [2.24, 2.45) is 5.73 Å². The standard InChI is InChI=1S/C14H28N2O2/c1-17-9-8-16(12-5-6-12)14(11-15)7-3-4-13(10-14)18-2/h12-13H,3-11,15H2,1-2H3. The zero-order valence-electron chi connectivity index (χ0n) is 11.9. The Kier molecular flexibility index (Phi) is 5.01. The van der Waals surface area contributed by atoms with Gasteiger partial charge in [0.1, 0.15) is 0 Å². The number of hydrogen-bond acceptors (Lipinski definition) is 4. The topological polar surface area (TPSA) is 47.7 Å². The number of nitrogens with two attached hydrogens (primary N) is 1. The van der Waals surface area contributed by atoms with E-state index < -0.39 is 0 Å². The van der Waals surface area contributed by atoms with Crippen molar-refractivity contribution in [1.82, 2.24) is 4.90 Å². The van der Waals surface area contributed by atoms with Crippen LogP contribution >= 0.6 is 0 Å². The predicted octanol–water partition coefficient (Wildman–Crippen LogP) is 1.38. The predicted molar refractivity (Wildman–Crippen MR) is 72.7 cm³/mol. The first-order chi connectivity index (χ1) is 8.75. The molecule has 0 spiro atoms. The number of methoxy groups -OCH3 is 2. The Balaban J connectivity index is 2.06. The fourth-order valence-corrected chi connectivity index (χ4v) is 3.43. The molecular formula is C14H28N2O2. The van der Waals surface area contributed by atoms with E-state index in [0.29, 0.717) is 6.10 Å². The lowest BCUT2D eigenvalue weighted by Crippen LogP contribution is -2.59. The number of rotatable bonds is 7. The molecule has 0 aliphatic heterocycles. The van der Waals surface area contributed by atoms with Gasteiger partial charge in [-0.25, -0.2) is 0 Å². The van der Waals surface area contributed by atoms with Crippen LogP contribution < -0.4 is 5.73 Å². The van der Waals surface area contributed by atoms with E-state index in [-0.39, 0.29) is 5.54 Å². The maximum atomic E-state index is 6.16. The second-order valence-electron chi connectivity index (χ2n) is 5.80. The Morgan fingerprint density at radius 1 is 1.28 bits per heavy atom. The summed E-state index contributed by atoms with van der Waals surface area (Å²) in [6.07, 6.45) is 7.73. The van der Waals surface area contributed by atoms with Crippen LogP contribution in [0.3, 0.4) is 0 Å². The van der Waals surface area contributed by atoms with Crippen LogP contribution in [0.15, 0.2) is 0 Å². The van der Waals surface area contributed by atoms with Gasteiger partial charge in [-0.3, -0.25) is 4.90 Å². The molecule has 2 unspecified atom stereocenters. The first-order valence-electron chi connectivity index (χ1n) is 7.24. The first-order valence-corrected chi connectivity index (χ1v) is 7.24. The Morgan fingerprint density at radius 2 is 2.06 bits per heavy atom. The van der Waals surface area contributed by atoms with Crippen molar-refractivity contribution in [3.05, 3.63) is 0 Å². The van der Waals surface area contributed by atoms with Gasteiger partial charge in [0.25, 0.3) is 0 Å². The smallest absolute Gasteiger partial charge is 0.0590 e. The molecule has 2 aliphatic carbocycles. The van der Waals surface area contributed by atoms with Crippen LogP contribution in [0, 0.1) is 0 Å². The van der Waals surface area contributed by atoms with E-state index in [4.69, 9.17) is 15.2 Å². The largest absolute Gasteiger partial charge is 0.383 e. The SMILES string of the molecule is COCCN(C1CC1)C1(CN)CCCC(OC)C1. The first kappa shape index (κ1) is 14.3. The third kappa shape index (κ3) is 3.05. The minimum absolute atomic E-state index is 0.151. The molecule has 2 fully saturated rings. The molecule has 106 valence electrons. The van der Waals surface area contributed by atoms with Crippen molar-refractivity contribution in [2.45, 2.75) is 56.2 Å². The fourth-order valence-electron chi connectivity index (χ4n) is 3.43. The summed E-state index contributed by atoms with van der Waals surface area (Å²) in [6, 6.07) is 0.735. The maximum absolute atomic E-state index is 6.16. The molecule has 0 aromatic rings. The van der Waals surface area contributed by atoms with Crippen molar-refractivity contribution in [3.8, 4) is 0 Å². The van der Waals surface area contributed by atoms with Gasteiger partial charge < -0.3 is 15.2 Å². The van der Waals surface area contributed by atoms with Crippen LogP contribution in [-0.4, -0.2) is 56.5 Å². The fraction of sp³-hybridized carbons (Fsp3) is 1.00. The van der Waals surface area contributed by atoms with Crippen LogP contribution in [0.1, 0.15) is 38.5 Å². The second-order valence-corrected chi connectivity index (χ2v) is 5.80. The summed E-state index contributed by atoms with van der Waals surface area (Å²) < 4.78 is 10.9. The average molecular weight is 256 g/mol. The van der Waals surface area contributed by atoms with Gasteiger partial charge in [-0.15, -0.1) is 0 Å². The van der Waals surface area contributed by atoms with Gasteiger partial charge in [-0.1, -0.05) is 0 Å². The summed E-state index contributed by atoms with van der Waals surface area (Å²) in [5.74, 6) is 0. The Hall–Kier alpha value is -0.160. The molecule has 4 heteroatoms. The monoisotopic (exact) mass is 256 g/mol. The van der Waals surface area contributed by atoms with Gasteiger partial charge in [0.2, 0.25) is 0 Å². The Morgan fingerprint density at radius 3 is 2.61 bits per heavy atom. The molecule has 4 nitrogen and oxygen atoms in total. The molecule has 0 amide bonds. The summed E-state index contributed by atoms with van der Waals surface area (Å²) in [5, 5.41) is 0. The number of nitrogens with zero attached hydrogens (tertiary/aromatic N) is 1. The van der Waals surface area contributed by atoms with Crippen LogP contribution in [0.5, 0.6) is 0 Å². The van der Waals surface area contributed by atoms with Crippen LogP contribution in [0.2, 0.25) is 0 Å². The quantitative estimate of drug-likeness (QED) is 0.747. The van der Waals surface area contributed by atoms with Crippen molar-refractivity contribution >= 4 is 0 Å². The van der Waals surface area contributed by atoms with E-state index in [1.165, 1.54) is 32.1 Å². The zero-order chi connectivity index (χ0) is 13.0. The van der Waals surface area contributed by atoms with E-state index in [2.05, 4.69) is 4.90 Å². The summed E-state index contributed by atoms with van der Waals surface area (Å²) in [4.78, 5) is 2.63. The molecule has 2 saturated carbocycles.